The van der Waals surface area contributed by atoms with Gasteiger partial charge in [-0.15, -0.1) is 0 Å². The third kappa shape index (κ3) is 2.96. The molecule has 5 heteroatoms. The zero-order valence-corrected chi connectivity index (χ0v) is 9.37. The van der Waals surface area contributed by atoms with Crippen molar-refractivity contribution in [1.29, 1.82) is 0 Å². The Labute approximate surface area is 97.1 Å². The first-order chi connectivity index (χ1) is 8.02. The predicted octanol–water partition coefficient (Wildman–Crippen LogP) is 3.16. The molecule has 0 unspecified atom stereocenters. The van der Waals surface area contributed by atoms with Crippen molar-refractivity contribution in [3.8, 4) is 11.6 Å². The number of rotatable bonds is 2. The van der Waals surface area contributed by atoms with Crippen LogP contribution in [0.25, 0.3) is 0 Å². The van der Waals surface area contributed by atoms with E-state index in [4.69, 9.17) is 4.74 Å². The van der Waals surface area contributed by atoms with E-state index in [2.05, 4.69) is 9.97 Å². The molecule has 2 rings (SSSR count). The van der Waals surface area contributed by atoms with Crippen LogP contribution in [-0.4, -0.2) is 9.97 Å². The van der Waals surface area contributed by atoms with E-state index in [-0.39, 0.29) is 11.6 Å². The molecule has 17 heavy (non-hydrogen) atoms. The van der Waals surface area contributed by atoms with Crippen LogP contribution in [0.2, 0.25) is 0 Å². The molecule has 0 bridgehead atoms. The molecule has 0 aliphatic rings. The second-order valence-corrected chi connectivity index (χ2v) is 3.60. The molecular formula is C12H10F2N2O. The van der Waals surface area contributed by atoms with Gasteiger partial charge in [0.2, 0.25) is 5.88 Å². The molecular weight excluding hydrogens is 226 g/mol. The number of hydrogen-bond donors (Lipinski definition) is 0. The Balaban J connectivity index is 2.31. The van der Waals surface area contributed by atoms with Gasteiger partial charge in [-0.3, -0.25) is 0 Å². The Morgan fingerprint density at radius 2 is 1.59 bits per heavy atom. The van der Waals surface area contributed by atoms with Crippen LogP contribution in [0.5, 0.6) is 11.6 Å². The normalized spacial score (nSPS) is 10.4. The van der Waals surface area contributed by atoms with E-state index in [0.717, 1.165) is 23.9 Å². The summed E-state index contributed by atoms with van der Waals surface area (Å²) in [6.07, 6.45) is 0. The molecule has 1 aromatic carbocycles. The fourth-order valence-corrected chi connectivity index (χ4v) is 1.44. The van der Waals surface area contributed by atoms with Crippen LogP contribution in [0.15, 0.2) is 24.3 Å². The van der Waals surface area contributed by atoms with Gasteiger partial charge >= 0.3 is 0 Å². The van der Waals surface area contributed by atoms with Crippen molar-refractivity contribution in [3.63, 3.8) is 0 Å². The van der Waals surface area contributed by atoms with Gasteiger partial charge in [-0.2, -0.15) is 4.98 Å². The molecule has 2 aromatic rings. The topological polar surface area (TPSA) is 35.0 Å². The number of ether oxygens (including phenoxy) is 1. The highest BCUT2D eigenvalue weighted by atomic mass is 19.1. The van der Waals surface area contributed by atoms with Gasteiger partial charge in [0.05, 0.1) is 0 Å². The summed E-state index contributed by atoms with van der Waals surface area (Å²) in [7, 11) is 0. The summed E-state index contributed by atoms with van der Waals surface area (Å²) >= 11 is 0. The Kier molecular flexibility index (Phi) is 2.99. The van der Waals surface area contributed by atoms with Crippen molar-refractivity contribution in [2.24, 2.45) is 0 Å². The van der Waals surface area contributed by atoms with E-state index < -0.39 is 11.6 Å². The lowest BCUT2D eigenvalue weighted by Crippen LogP contribution is -1.95. The van der Waals surface area contributed by atoms with Crippen LogP contribution in [0.1, 0.15) is 11.5 Å². The fourth-order valence-electron chi connectivity index (χ4n) is 1.44. The van der Waals surface area contributed by atoms with E-state index in [1.807, 2.05) is 0 Å². The number of aryl methyl sites for hydroxylation is 2. The minimum absolute atomic E-state index is 0.0694. The van der Waals surface area contributed by atoms with Crippen molar-refractivity contribution in [2.45, 2.75) is 13.8 Å². The summed E-state index contributed by atoms with van der Waals surface area (Å²) < 4.78 is 31.1. The van der Waals surface area contributed by atoms with E-state index in [0.29, 0.717) is 5.82 Å². The van der Waals surface area contributed by atoms with Crippen molar-refractivity contribution in [2.75, 3.05) is 0 Å². The first-order valence-electron chi connectivity index (χ1n) is 4.99. The molecule has 1 aromatic heterocycles. The molecule has 1 heterocycles. The number of aromatic nitrogens is 2. The van der Waals surface area contributed by atoms with Gasteiger partial charge in [-0.05, 0) is 13.8 Å². The Hall–Kier alpha value is -2.04. The maximum Gasteiger partial charge on any atom is 0.222 e. The fraction of sp³-hybridized carbons (Fsp3) is 0.167. The van der Waals surface area contributed by atoms with E-state index in [9.17, 15) is 8.78 Å². The van der Waals surface area contributed by atoms with Crippen LogP contribution < -0.4 is 4.74 Å². The third-order valence-corrected chi connectivity index (χ3v) is 2.00. The minimum atomic E-state index is -0.692. The molecule has 0 amide bonds. The molecule has 0 aliphatic carbocycles. The molecule has 88 valence electrons. The van der Waals surface area contributed by atoms with Crippen molar-refractivity contribution in [1.82, 2.24) is 9.97 Å². The highest BCUT2D eigenvalue weighted by Gasteiger charge is 2.05. The van der Waals surface area contributed by atoms with Gasteiger partial charge in [0, 0.05) is 30.0 Å². The van der Waals surface area contributed by atoms with E-state index in [1.54, 1.807) is 19.9 Å². The quantitative estimate of drug-likeness (QED) is 0.803. The SMILES string of the molecule is Cc1cc(Oc2cc(F)cc(F)c2)nc(C)n1. The molecule has 0 aliphatic heterocycles. The maximum absolute atomic E-state index is 12.9. The summed E-state index contributed by atoms with van der Waals surface area (Å²) in [4.78, 5) is 8.08. The van der Waals surface area contributed by atoms with Crippen molar-refractivity contribution in [3.05, 3.63) is 47.4 Å². The van der Waals surface area contributed by atoms with Crippen molar-refractivity contribution < 1.29 is 13.5 Å². The first-order valence-corrected chi connectivity index (χ1v) is 4.99. The lowest BCUT2D eigenvalue weighted by Gasteiger charge is -2.06. The smallest absolute Gasteiger partial charge is 0.222 e. The van der Waals surface area contributed by atoms with Gasteiger partial charge in [-0.25, -0.2) is 13.8 Å². The highest BCUT2D eigenvalue weighted by Crippen LogP contribution is 2.22. The van der Waals surface area contributed by atoms with Crippen LogP contribution >= 0.6 is 0 Å². The lowest BCUT2D eigenvalue weighted by molar-refractivity contribution is 0.448. The lowest BCUT2D eigenvalue weighted by atomic mass is 10.3. The minimum Gasteiger partial charge on any atom is -0.439 e. The average Bonchev–Trinajstić information content (AvgIpc) is 2.13. The zero-order valence-electron chi connectivity index (χ0n) is 9.37. The van der Waals surface area contributed by atoms with Crippen LogP contribution in [0.3, 0.4) is 0 Å². The first kappa shape index (κ1) is 11.4. The monoisotopic (exact) mass is 236 g/mol. The maximum atomic E-state index is 12.9. The highest BCUT2D eigenvalue weighted by molar-refractivity contribution is 5.28. The predicted molar refractivity (Wildman–Crippen MR) is 57.9 cm³/mol. The largest absolute Gasteiger partial charge is 0.439 e. The Morgan fingerprint density at radius 3 is 2.18 bits per heavy atom. The number of hydrogen-bond acceptors (Lipinski definition) is 3. The summed E-state index contributed by atoms with van der Waals surface area (Å²) in [6, 6.07) is 4.56. The summed E-state index contributed by atoms with van der Waals surface area (Å²) in [5, 5.41) is 0. The molecule has 0 atom stereocenters. The molecule has 0 N–H and O–H groups in total. The summed E-state index contributed by atoms with van der Waals surface area (Å²) in [5.74, 6) is -0.512. The van der Waals surface area contributed by atoms with Gasteiger partial charge in [-0.1, -0.05) is 0 Å². The van der Waals surface area contributed by atoms with Gasteiger partial charge in [0.15, 0.2) is 0 Å². The van der Waals surface area contributed by atoms with Gasteiger partial charge < -0.3 is 4.74 Å². The van der Waals surface area contributed by atoms with Crippen LogP contribution in [-0.2, 0) is 0 Å². The number of nitrogens with zero attached hydrogens (tertiary/aromatic N) is 2. The summed E-state index contributed by atoms with van der Waals surface area (Å²) in [6.45, 7) is 3.50. The molecule has 0 spiro atoms. The van der Waals surface area contributed by atoms with E-state index >= 15 is 0 Å². The van der Waals surface area contributed by atoms with Crippen LogP contribution in [0, 0.1) is 25.5 Å². The molecule has 0 fully saturated rings. The van der Waals surface area contributed by atoms with Crippen molar-refractivity contribution >= 4 is 0 Å². The average molecular weight is 236 g/mol. The van der Waals surface area contributed by atoms with Gasteiger partial charge in [0.25, 0.3) is 0 Å². The number of benzene rings is 1. The Morgan fingerprint density at radius 1 is 0.941 bits per heavy atom. The van der Waals surface area contributed by atoms with Gasteiger partial charge in [0.1, 0.15) is 23.2 Å². The van der Waals surface area contributed by atoms with Crippen LogP contribution in [0.4, 0.5) is 8.78 Å². The molecule has 0 saturated carbocycles. The molecule has 0 radical (unpaired) electrons. The zero-order chi connectivity index (χ0) is 12.4. The van der Waals surface area contributed by atoms with E-state index in [1.165, 1.54) is 0 Å². The second-order valence-electron chi connectivity index (χ2n) is 3.60. The Bertz CT molecular complexity index is 468. The standard InChI is InChI=1S/C12H10F2N2O/c1-7-3-12(16-8(2)15-7)17-11-5-9(13)4-10(14)6-11/h3-6H,1-2H3. The third-order valence-electron chi connectivity index (χ3n) is 2.00. The molecule has 3 nitrogen and oxygen atoms in total. The summed E-state index contributed by atoms with van der Waals surface area (Å²) in [5.41, 5.74) is 0.726. The molecule has 0 saturated heterocycles. The second kappa shape index (κ2) is 4.45. The number of halogens is 2.